The van der Waals surface area contributed by atoms with Crippen molar-refractivity contribution < 1.29 is 9.47 Å². The highest BCUT2D eigenvalue weighted by molar-refractivity contribution is 5.79. The van der Waals surface area contributed by atoms with E-state index in [1.54, 1.807) is 0 Å². The molecule has 1 aliphatic rings. The number of nitrogens with zero attached hydrogens (tertiary/aromatic N) is 4. The van der Waals surface area contributed by atoms with Gasteiger partial charge in [0.1, 0.15) is 6.54 Å². The van der Waals surface area contributed by atoms with Gasteiger partial charge in [-0.15, -0.1) is 10.2 Å². The Morgan fingerprint density at radius 2 is 2.35 bits per heavy atom. The van der Waals surface area contributed by atoms with E-state index in [-0.39, 0.29) is 0 Å². The van der Waals surface area contributed by atoms with Crippen LogP contribution in [0.5, 0.6) is 0 Å². The van der Waals surface area contributed by atoms with Crippen molar-refractivity contribution in [3.8, 4) is 0 Å². The van der Waals surface area contributed by atoms with Gasteiger partial charge in [-0.3, -0.25) is 4.40 Å². The summed E-state index contributed by atoms with van der Waals surface area (Å²) in [6.45, 7) is 6.43. The fourth-order valence-corrected chi connectivity index (χ4v) is 2.86. The highest BCUT2D eigenvalue weighted by Crippen LogP contribution is 2.11. The third kappa shape index (κ3) is 5.40. The maximum Gasteiger partial charge on any atom is 0.191 e. The summed E-state index contributed by atoms with van der Waals surface area (Å²) in [5.41, 5.74) is 0.832. The van der Waals surface area contributed by atoms with Crippen LogP contribution in [0.3, 0.4) is 0 Å². The van der Waals surface area contributed by atoms with Crippen LogP contribution < -0.4 is 10.6 Å². The lowest BCUT2D eigenvalue weighted by molar-refractivity contribution is 0.0168. The van der Waals surface area contributed by atoms with E-state index in [4.69, 9.17) is 9.47 Å². The number of aromatic nitrogens is 3. The molecule has 1 fully saturated rings. The maximum absolute atomic E-state index is 5.68. The predicted octanol–water partition coefficient (Wildman–Crippen LogP) is 1.37. The van der Waals surface area contributed by atoms with Gasteiger partial charge < -0.3 is 20.1 Å². The number of pyridine rings is 1. The van der Waals surface area contributed by atoms with Crippen LogP contribution in [0.15, 0.2) is 29.4 Å². The molecule has 1 saturated heterocycles. The number of ether oxygens (including phenoxy) is 2. The fraction of sp³-hybridized carbons (Fsp3) is 0.611. The lowest BCUT2D eigenvalue weighted by Crippen LogP contribution is -2.38. The van der Waals surface area contributed by atoms with E-state index in [9.17, 15) is 0 Å². The van der Waals surface area contributed by atoms with Crippen molar-refractivity contribution in [1.82, 2.24) is 25.2 Å². The largest absolute Gasteiger partial charge is 0.379 e. The van der Waals surface area contributed by atoms with Crippen LogP contribution in [0, 0.1) is 0 Å². The molecule has 0 radical (unpaired) electrons. The Labute approximate surface area is 154 Å². The van der Waals surface area contributed by atoms with Gasteiger partial charge in [-0.1, -0.05) is 6.07 Å². The van der Waals surface area contributed by atoms with E-state index in [1.807, 2.05) is 35.7 Å². The molecule has 0 amide bonds. The monoisotopic (exact) mass is 360 g/mol. The molecule has 2 aromatic heterocycles. The number of hydrogen-bond acceptors (Lipinski definition) is 5. The molecule has 1 unspecified atom stereocenters. The Morgan fingerprint density at radius 3 is 3.19 bits per heavy atom. The molecule has 0 aromatic carbocycles. The summed E-state index contributed by atoms with van der Waals surface area (Å²) in [6.07, 6.45) is 5.43. The maximum atomic E-state index is 5.68. The summed E-state index contributed by atoms with van der Waals surface area (Å²) >= 11 is 0. The van der Waals surface area contributed by atoms with Crippen molar-refractivity contribution in [1.29, 1.82) is 0 Å². The Hall–Kier alpha value is -2.19. The van der Waals surface area contributed by atoms with Crippen molar-refractivity contribution in [2.75, 3.05) is 32.9 Å². The molecule has 2 aromatic rings. The molecule has 8 nitrogen and oxygen atoms in total. The molecular weight excluding hydrogens is 332 g/mol. The van der Waals surface area contributed by atoms with Gasteiger partial charge in [0.25, 0.3) is 0 Å². The summed E-state index contributed by atoms with van der Waals surface area (Å²) in [5, 5.41) is 14.9. The van der Waals surface area contributed by atoms with Gasteiger partial charge in [-0.25, -0.2) is 4.99 Å². The first-order valence-corrected chi connectivity index (χ1v) is 9.37. The van der Waals surface area contributed by atoms with Crippen molar-refractivity contribution in [3.63, 3.8) is 0 Å². The summed E-state index contributed by atoms with van der Waals surface area (Å²) < 4.78 is 13.2. The number of guanidine groups is 1. The van der Waals surface area contributed by atoms with E-state index in [2.05, 4.69) is 25.8 Å². The fourth-order valence-electron chi connectivity index (χ4n) is 2.86. The van der Waals surface area contributed by atoms with Crippen molar-refractivity contribution in [2.45, 2.75) is 38.8 Å². The summed E-state index contributed by atoms with van der Waals surface area (Å²) in [6, 6.07) is 5.84. The SMILES string of the molecule is CCNC(=NCc1nnc2ccccn12)NCCCOCC1CCCO1. The number of rotatable bonds is 9. The molecule has 26 heavy (non-hydrogen) atoms. The van der Waals surface area contributed by atoms with E-state index in [0.717, 1.165) is 63.0 Å². The Morgan fingerprint density at radius 1 is 1.38 bits per heavy atom. The molecule has 3 heterocycles. The summed E-state index contributed by atoms with van der Waals surface area (Å²) in [4.78, 5) is 4.60. The van der Waals surface area contributed by atoms with Crippen molar-refractivity contribution >= 4 is 11.6 Å². The van der Waals surface area contributed by atoms with Crippen LogP contribution in [0.4, 0.5) is 0 Å². The predicted molar refractivity (Wildman–Crippen MR) is 100 cm³/mol. The minimum absolute atomic E-state index is 0.291. The van der Waals surface area contributed by atoms with Crippen LogP contribution >= 0.6 is 0 Å². The second-order valence-electron chi connectivity index (χ2n) is 6.23. The Kier molecular flexibility index (Phi) is 7.21. The zero-order valence-corrected chi connectivity index (χ0v) is 15.4. The van der Waals surface area contributed by atoms with Crippen LogP contribution in [0.1, 0.15) is 32.0 Å². The normalized spacial score (nSPS) is 17.7. The third-order valence-electron chi connectivity index (χ3n) is 4.19. The molecule has 1 atom stereocenters. The second-order valence-corrected chi connectivity index (χ2v) is 6.23. The smallest absolute Gasteiger partial charge is 0.191 e. The van der Waals surface area contributed by atoms with Gasteiger partial charge in [0.05, 0.1) is 12.7 Å². The summed E-state index contributed by atoms with van der Waals surface area (Å²) in [7, 11) is 0. The summed E-state index contributed by atoms with van der Waals surface area (Å²) in [5.74, 6) is 1.59. The number of fused-ring (bicyclic) bond motifs is 1. The van der Waals surface area contributed by atoms with Crippen molar-refractivity contribution in [3.05, 3.63) is 30.2 Å². The van der Waals surface area contributed by atoms with Gasteiger partial charge in [0, 0.05) is 32.5 Å². The number of aliphatic imine (C=N–C) groups is 1. The highest BCUT2D eigenvalue weighted by Gasteiger charge is 2.14. The van der Waals surface area contributed by atoms with E-state index < -0.39 is 0 Å². The molecule has 1 aliphatic heterocycles. The van der Waals surface area contributed by atoms with Gasteiger partial charge >= 0.3 is 0 Å². The van der Waals surface area contributed by atoms with Gasteiger partial charge in [0.15, 0.2) is 17.4 Å². The topological polar surface area (TPSA) is 85.1 Å². The van der Waals surface area contributed by atoms with Crippen LogP contribution in [-0.4, -0.2) is 59.6 Å². The van der Waals surface area contributed by atoms with Crippen LogP contribution in [-0.2, 0) is 16.0 Å². The highest BCUT2D eigenvalue weighted by atomic mass is 16.5. The van der Waals surface area contributed by atoms with E-state index >= 15 is 0 Å². The average molecular weight is 360 g/mol. The third-order valence-corrected chi connectivity index (χ3v) is 4.19. The zero-order chi connectivity index (χ0) is 18.0. The van der Waals surface area contributed by atoms with Gasteiger partial charge in [-0.05, 0) is 38.3 Å². The molecule has 0 aliphatic carbocycles. The minimum Gasteiger partial charge on any atom is -0.379 e. The van der Waals surface area contributed by atoms with Gasteiger partial charge in [-0.2, -0.15) is 0 Å². The van der Waals surface area contributed by atoms with E-state index in [0.29, 0.717) is 19.3 Å². The average Bonchev–Trinajstić information content (AvgIpc) is 3.32. The first-order valence-electron chi connectivity index (χ1n) is 9.37. The first-order chi connectivity index (χ1) is 12.9. The quantitative estimate of drug-likeness (QED) is 0.399. The molecular formula is C18H28N6O2. The lowest BCUT2D eigenvalue weighted by atomic mass is 10.2. The molecule has 142 valence electrons. The molecule has 2 N–H and O–H groups in total. The molecule has 0 bridgehead atoms. The Balaban J connectivity index is 1.40. The standard InChI is InChI=1S/C18H28N6O2/c1-2-19-18(20-9-6-11-25-14-15-7-5-12-26-15)21-13-17-23-22-16-8-3-4-10-24(16)17/h3-4,8,10,15H,2,5-7,9,11-14H2,1H3,(H2,19,20,21). The molecule has 0 saturated carbocycles. The second kappa shape index (κ2) is 10.1. The van der Waals surface area contributed by atoms with E-state index in [1.165, 1.54) is 0 Å². The minimum atomic E-state index is 0.291. The Bertz CT molecular complexity index is 696. The molecule has 3 rings (SSSR count). The van der Waals surface area contributed by atoms with Crippen LogP contribution in [0.25, 0.3) is 5.65 Å². The molecule has 0 spiro atoms. The number of hydrogen-bond donors (Lipinski definition) is 2. The van der Waals surface area contributed by atoms with Gasteiger partial charge in [0.2, 0.25) is 0 Å². The first kappa shape index (κ1) is 18.6. The van der Waals surface area contributed by atoms with Crippen molar-refractivity contribution in [2.24, 2.45) is 4.99 Å². The number of nitrogens with one attached hydrogen (secondary N) is 2. The zero-order valence-electron chi connectivity index (χ0n) is 15.4. The molecule has 8 heteroatoms. The van der Waals surface area contributed by atoms with Crippen LogP contribution in [0.2, 0.25) is 0 Å². The lowest BCUT2D eigenvalue weighted by Gasteiger charge is -2.12.